The number of nitrogens with zero attached hydrogens (tertiary/aromatic N) is 3. The van der Waals surface area contributed by atoms with Crippen molar-refractivity contribution in [3.05, 3.63) is 81.6 Å². The molecule has 1 amide bonds. The Bertz CT molecular complexity index is 961. The van der Waals surface area contributed by atoms with Gasteiger partial charge in [0.2, 0.25) is 0 Å². The van der Waals surface area contributed by atoms with Crippen molar-refractivity contribution in [1.29, 1.82) is 0 Å². The normalized spacial score (nSPS) is 10.6. The molecule has 0 spiro atoms. The Morgan fingerprint density at radius 1 is 1.24 bits per heavy atom. The lowest BCUT2D eigenvalue weighted by Crippen LogP contribution is -2.21. The molecule has 2 heterocycles. The molecule has 1 aromatic carbocycles. The number of carbonyl (C=O) groups excluding carboxylic acids is 1. The lowest BCUT2D eigenvalue weighted by Gasteiger charge is -2.06. The van der Waals surface area contributed by atoms with Crippen molar-refractivity contribution in [2.75, 3.05) is 5.32 Å². The molecule has 0 aliphatic heterocycles. The number of hydrogen-bond acceptors (Lipinski definition) is 3. The fourth-order valence-electron chi connectivity index (χ4n) is 2.46. The summed E-state index contributed by atoms with van der Waals surface area (Å²) in [6, 6.07) is 10.5. The van der Waals surface area contributed by atoms with Crippen LogP contribution in [-0.4, -0.2) is 20.0 Å². The third kappa shape index (κ3) is 4.16. The molecule has 0 unspecified atom stereocenters. The number of aryl methyl sites for hydroxylation is 1. The molecule has 6 nitrogen and oxygen atoms in total. The molecule has 7 heteroatoms. The Labute approximate surface area is 149 Å². The van der Waals surface area contributed by atoms with Crippen LogP contribution in [0.1, 0.15) is 22.8 Å². The van der Waals surface area contributed by atoms with Gasteiger partial charge in [-0.15, -0.1) is 0 Å². The van der Waals surface area contributed by atoms with E-state index in [0.29, 0.717) is 29.5 Å². The highest BCUT2D eigenvalue weighted by molar-refractivity contribution is 6.30. The number of pyridine rings is 1. The van der Waals surface area contributed by atoms with Gasteiger partial charge in [-0.3, -0.25) is 9.59 Å². The van der Waals surface area contributed by atoms with E-state index in [1.165, 1.54) is 16.7 Å². The second-order valence-electron chi connectivity index (χ2n) is 5.56. The molecule has 0 fully saturated rings. The number of nitrogens with one attached hydrogen (secondary N) is 1. The van der Waals surface area contributed by atoms with Crippen LogP contribution in [0.2, 0.25) is 5.02 Å². The SMILES string of the molecule is CCn1cc(C(=O)Nc2cn(Cc3cccc(Cl)c3)cn2)ccc1=O. The molecule has 3 rings (SSSR count). The molecular weight excluding hydrogens is 340 g/mol. The highest BCUT2D eigenvalue weighted by atomic mass is 35.5. The molecule has 0 aliphatic rings. The zero-order chi connectivity index (χ0) is 17.8. The van der Waals surface area contributed by atoms with Gasteiger partial charge in [0.25, 0.3) is 11.5 Å². The van der Waals surface area contributed by atoms with E-state index in [4.69, 9.17) is 11.6 Å². The van der Waals surface area contributed by atoms with Gasteiger partial charge < -0.3 is 14.5 Å². The molecule has 0 atom stereocenters. The second-order valence-corrected chi connectivity index (χ2v) is 5.99. The fourth-order valence-corrected chi connectivity index (χ4v) is 2.67. The first-order valence-electron chi connectivity index (χ1n) is 7.83. The number of anilines is 1. The summed E-state index contributed by atoms with van der Waals surface area (Å²) >= 11 is 5.98. The average Bonchev–Trinajstić information content (AvgIpc) is 3.02. The number of halogens is 1. The van der Waals surface area contributed by atoms with Gasteiger partial charge in [-0.05, 0) is 30.7 Å². The van der Waals surface area contributed by atoms with Crippen LogP contribution in [-0.2, 0) is 13.1 Å². The third-order valence-electron chi connectivity index (χ3n) is 3.72. The maximum Gasteiger partial charge on any atom is 0.258 e. The minimum absolute atomic E-state index is 0.134. The Morgan fingerprint density at radius 3 is 2.84 bits per heavy atom. The molecule has 2 aromatic heterocycles. The minimum atomic E-state index is -0.310. The zero-order valence-electron chi connectivity index (χ0n) is 13.6. The van der Waals surface area contributed by atoms with Crippen molar-refractivity contribution >= 4 is 23.3 Å². The van der Waals surface area contributed by atoms with Crippen LogP contribution in [0, 0.1) is 0 Å². The van der Waals surface area contributed by atoms with Crippen molar-refractivity contribution in [2.45, 2.75) is 20.0 Å². The van der Waals surface area contributed by atoms with Crippen LogP contribution in [0.5, 0.6) is 0 Å². The summed E-state index contributed by atoms with van der Waals surface area (Å²) in [5, 5.41) is 3.41. The first-order valence-corrected chi connectivity index (χ1v) is 8.21. The quantitative estimate of drug-likeness (QED) is 0.764. The van der Waals surface area contributed by atoms with Crippen LogP contribution < -0.4 is 10.9 Å². The Kier molecular flexibility index (Phi) is 5.00. The van der Waals surface area contributed by atoms with E-state index >= 15 is 0 Å². The molecule has 0 saturated carbocycles. The second kappa shape index (κ2) is 7.36. The highest BCUT2D eigenvalue weighted by Gasteiger charge is 2.09. The van der Waals surface area contributed by atoms with E-state index < -0.39 is 0 Å². The van der Waals surface area contributed by atoms with Gasteiger partial charge in [0.1, 0.15) is 0 Å². The lowest BCUT2D eigenvalue weighted by atomic mass is 10.2. The molecule has 0 aliphatic carbocycles. The highest BCUT2D eigenvalue weighted by Crippen LogP contribution is 2.13. The molecule has 0 saturated heterocycles. The third-order valence-corrected chi connectivity index (χ3v) is 3.95. The fraction of sp³-hybridized carbons (Fsp3) is 0.167. The molecule has 0 radical (unpaired) electrons. The van der Waals surface area contributed by atoms with Gasteiger partial charge in [0.15, 0.2) is 5.82 Å². The molecule has 1 N–H and O–H groups in total. The summed E-state index contributed by atoms with van der Waals surface area (Å²) in [5.74, 6) is 0.136. The number of benzene rings is 1. The maximum atomic E-state index is 12.3. The van der Waals surface area contributed by atoms with E-state index in [-0.39, 0.29) is 11.5 Å². The number of imidazole rings is 1. The zero-order valence-corrected chi connectivity index (χ0v) is 14.4. The standard InChI is InChI=1S/C18H17ClN4O2/c1-2-23-10-14(6-7-17(23)24)18(25)21-16-11-22(12-20-16)9-13-4-3-5-15(19)8-13/h3-8,10-12H,2,9H2,1H3,(H,21,25). The topological polar surface area (TPSA) is 68.9 Å². The van der Waals surface area contributed by atoms with E-state index in [9.17, 15) is 9.59 Å². The summed E-state index contributed by atoms with van der Waals surface area (Å²) < 4.78 is 3.33. The Hall–Kier alpha value is -2.86. The van der Waals surface area contributed by atoms with Crippen LogP contribution in [0.3, 0.4) is 0 Å². The molecule has 25 heavy (non-hydrogen) atoms. The summed E-state index contributed by atoms with van der Waals surface area (Å²) in [6.45, 7) is 2.96. The van der Waals surface area contributed by atoms with Gasteiger partial charge in [-0.1, -0.05) is 23.7 Å². The van der Waals surface area contributed by atoms with E-state index in [2.05, 4.69) is 10.3 Å². The summed E-state index contributed by atoms with van der Waals surface area (Å²) in [5.41, 5.74) is 1.31. The van der Waals surface area contributed by atoms with E-state index in [0.717, 1.165) is 5.56 Å². The average molecular weight is 357 g/mol. The molecular formula is C18H17ClN4O2. The van der Waals surface area contributed by atoms with E-state index in [1.807, 2.05) is 35.8 Å². The predicted octanol–water partition coefficient (Wildman–Crippen LogP) is 3.02. The predicted molar refractivity (Wildman–Crippen MR) is 97.1 cm³/mol. The lowest BCUT2D eigenvalue weighted by molar-refractivity contribution is 0.102. The number of aromatic nitrogens is 3. The van der Waals surface area contributed by atoms with Crippen LogP contribution in [0.4, 0.5) is 5.82 Å². The number of rotatable bonds is 5. The maximum absolute atomic E-state index is 12.3. The van der Waals surface area contributed by atoms with Crippen molar-refractivity contribution < 1.29 is 4.79 Å². The number of amides is 1. The van der Waals surface area contributed by atoms with Crippen molar-refractivity contribution in [3.63, 3.8) is 0 Å². The van der Waals surface area contributed by atoms with Gasteiger partial charge in [0.05, 0.1) is 11.9 Å². The number of carbonyl (C=O) groups is 1. The van der Waals surface area contributed by atoms with Crippen LogP contribution >= 0.6 is 11.6 Å². The van der Waals surface area contributed by atoms with Gasteiger partial charge >= 0.3 is 0 Å². The largest absolute Gasteiger partial charge is 0.331 e. The molecule has 3 aromatic rings. The minimum Gasteiger partial charge on any atom is -0.331 e. The number of hydrogen-bond donors (Lipinski definition) is 1. The first-order chi connectivity index (χ1) is 12.0. The summed E-state index contributed by atoms with van der Waals surface area (Å²) in [4.78, 5) is 28.1. The summed E-state index contributed by atoms with van der Waals surface area (Å²) in [7, 11) is 0. The smallest absolute Gasteiger partial charge is 0.258 e. The van der Waals surface area contributed by atoms with Crippen LogP contribution in [0.25, 0.3) is 0 Å². The molecule has 0 bridgehead atoms. The summed E-state index contributed by atoms with van der Waals surface area (Å²) in [6.07, 6.45) is 4.93. The Balaban J connectivity index is 1.70. The van der Waals surface area contributed by atoms with Gasteiger partial charge in [0, 0.05) is 36.6 Å². The molecule has 128 valence electrons. The van der Waals surface area contributed by atoms with E-state index in [1.54, 1.807) is 18.7 Å². The van der Waals surface area contributed by atoms with Gasteiger partial charge in [-0.2, -0.15) is 0 Å². The first kappa shape index (κ1) is 17.0. The van der Waals surface area contributed by atoms with Crippen LogP contribution in [0.15, 0.2) is 59.9 Å². The monoisotopic (exact) mass is 356 g/mol. The Morgan fingerprint density at radius 2 is 2.08 bits per heavy atom. The van der Waals surface area contributed by atoms with Crippen molar-refractivity contribution in [3.8, 4) is 0 Å². The van der Waals surface area contributed by atoms with Crippen molar-refractivity contribution in [2.24, 2.45) is 0 Å². The van der Waals surface area contributed by atoms with Gasteiger partial charge in [-0.25, -0.2) is 4.98 Å². The van der Waals surface area contributed by atoms with Crippen molar-refractivity contribution in [1.82, 2.24) is 14.1 Å².